The fourth-order valence-corrected chi connectivity index (χ4v) is 6.25. The minimum absolute atomic E-state index is 0.162. The summed E-state index contributed by atoms with van der Waals surface area (Å²) in [6, 6.07) is 6.71. The number of alkyl halides is 3. The number of hydrogen-bond donors (Lipinski definition) is 4. The Hall–Kier alpha value is -2.86. The van der Waals surface area contributed by atoms with Crippen LogP contribution in [-0.2, 0) is 14.3 Å². The number of nitrogens with zero attached hydrogens (tertiary/aromatic N) is 1. The van der Waals surface area contributed by atoms with E-state index in [2.05, 4.69) is 15.6 Å². The van der Waals surface area contributed by atoms with Gasteiger partial charge in [-0.3, -0.25) is 4.99 Å². The number of guanidine groups is 1. The highest BCUT2D eigenvalue weighted by Crippen LogP contribution is 2.57. The lowest BCUT2D eigenvalue weighted by Gasteiger charge is -2.56. The van der Waals surface area contributed by atoms with Crippen molar-refractivity contribution in [3.63, 3.8) is 0 Å². The number of aromatic carboxylic acids is 1. The van der Waals surface area contributed by atoms with Crippen LogP contribution < -0.4 is 10.6 Å². The summed E-state index contributed by atoms with van der Waals surface area (Å²) in [5.41, 5.74) is 1.24. The Balaban J connectivity index is 0.000000559. The zero-order chi connectivity index (χ0) is 29.2. The van der Waals surface area contributed by atoms with Crippen molar-refractivity contribution in [1.82, 2.24) is 5.32 Å². The van der Waals surface area contributed by atoms with Crippen LogP contribution >= 0.6 is 0 Å². The molecule has 5 rings (SSSR count). The van der Waals surface area contributed by atoms with Crippen LogP contribution in [0, 0.1) is 17.8 Å². The smallest absolute Gasteiger partial charge is 0.478 e. The Morgan fingerprint density at radius 2 is 1.57 bits per heavy atom. The molecule has 0 atom stereocenters. The summed E-state index contributed by atoms with van der Waals surface area (Å²) in [4.78, 5) is 24.6. The van der Waals surface area contributed by atoms with Gasteiger partial charge in [-0.25, -0.2) is 9.59 Å². The van der Waals surface area contributed by atoms with Crippen molar-refractivity contribution in [1.29, 1.82) is 0 Å². The molecule has 4 aliphatic carbocycles. The molecule has 4 saturated carbocycles. The number of carbonyl (C=O) groups is 2. The monoisotopic (exact) mass is 571 g/mol. The summed E-state index contributed by atoms with van der Waals surface area (Å²) in [5.74, 6) is -0.273. The Bertz CT molecular complexity index is 965. The molecule has 1 aromatic carbocycles. The lowest BCUT2D eigenvalue weighted by Crippen LogP contribution is -2.52. The Morgan fingerprint density at radius 1 is 1.00 bits per heavy atom. The van der Waals surface area contributed by atoms with E-state index in [0.29, 0.717) is 25.7 Å². The number of ether oxygens (including phenoxy) is 2. The molecule has 0 aromatic heterocycles. The normalized spacial score (nSPS) is 25.2. The van der Waals surface area contributed by atoms with Gasteiger partial charge in [0.25, 0.3) is 0 Å². The number of aliphatic imine (C=N–C) groups is 1. The van der Waals surface area contributed by atoms with Crippen LogP contribution in [0.25, 0.3) is 0 Å². The molecular weight excluding hydrogens is 531 g/mol. The molecule has 0 aliphatic heterocycles. The maximum atomic E-state index is 11.1. The number of hydrogen-bond acceptors (Lipinski definition) is 5. The number of nitrogens with one attached hydrogen (secondary N) is 2. The lowest BCUT2D eigenvalue weighted by molar-refractivity contribution is -0.192. The first-order chi connectivity index (χ1) is 19.0. The van der Waals surface area contributed by atoms with Crippen molar-refractivity contribution < 1.29 is 42.4 Å². The van der Waals surface area contributed by atoms with E-state index in [-0.39, 0.29) is 11.2 Å². The summed E-state index contributed by atoms with van der Waals surface area (Å²) in [7, 11) is 0. The van der Waals surface area contributed by atoms with E-state index in [4.69, 9.17) is 24.5 Å². The Labute approximate surface area is 232 Å². The van der Waals surface area contributed by atoms with Crippen molar-refractivity contribution >= 4 is 23.6 Å². The molecule has 4 fully saturated rings. The molecule has 12 heteroatoms. The molecule has 0 amide bonds. The zero-order valence-corrected chi connectivity index (χ0v) is 22.8. The summed E-state index contributed by atoms with van der Waals surface area (Å²) in [5, 5.41) is 22.9. The van der Waals surface area contributed by atoms with Crippen molar-refractivity contribution in [2.75, 3.05) is 38.2 Å². The third-order valence-electron chi connectivity index (χ3n) is 7.56. The molecule has 0 unspecified atom stereocenters. The fraction of sp³-hybridized carbons (Fsp3) is 0.679. The van der Waals surface area contributed by atoms with Gasteiger partial charge in [-0.05, 0) is 100 Å². The Morgan fingerprint density at radius 3 is 2.08 bits per heavy atom. The number of anilines is 1. The van der Waals surface area contributed by atoms with Gasteiger partial charge in [-0.2, -0.15) is 13.2 Å². The average Bonchev–Trinajstić information content (AvgIpc) is 2.87. The van der Waals surface area contributed by atoms with E-state index in [0.717, 1.165) is 49.4 Å². The quantitative estimate of drug-likeness (QED) is 0.154. The van der Waals surface area contributed by atoms with E-state index in [9.17, 15) is 18.0 Å². The highest BCUT2D eigenvalue weighted by atomic mass is 19.4. The predicted octanol–water partition coefficient (Wildman–Crippen LogP) is 5.18. The largest absolute Gasteiger partial charge is 0.490 e. The minimum Gasteiger partial charge on any atom is -0.478 e. The highest BCUT2D eigenvalue weighted by molar-refractivity contribution is 5.94. The van der Waals surface area contributed by atoms with Crippen LogP contribution in [0.5, 0.6) is 0 Å². The summed E-state index contributed by atoms with van der Waals surface area (Å²) < 4.78 is 43.7. The highest BCUT2D eigenvalue weighted by Gasteiger charge is 2.51. The first-order valence-corrected chi connectivity index (χ1v) is 13.9. The van der Waals surface area contributed by atoms with Gasteiger partial charge in [0.2, 0.25) is 0 Å². The van der Waals surface area contributed by atoms with Gasteiger partial charge in [0.05, 0.1) is 11.2 Å². The second-order valence-corrected chi connectivity index (χ2v) is 10.8. The van der Waals surface area contributed by atoms with E-state index >= 15 is 0 Å². The second kappa shape index (κ2) is 14.7. The maximum absolute atomic E-state index is 11.1. The number of carboxylic acid groups (broad SMARTS) is 2. The van der Waals surface area contributed by atoms with Gasteiger partial charge in [-0.1, -0.05) is 0 Å². The predicted molar refractivity (Wildman–Crippen MR) is 144 cm³/mol. The summed E-state index contributed by atoms with van der Waals surface area (Å²) >= 11 is 0. The molecule has 1 aromatic rings. The van der Waals surface area contributed by atoms with Crippen molar-refractivity contribution in [3.8, 4) is 0 Å². The summed E-state index contributed by atoms with van der Waals surface area (Å²) in [6.07, 6.45) is 4.82. The molecule has 9 nitrogen and oxygen atoms in total. The third-order valence-corrected chi connectivity index (χ3v) is 7.56. The Kier molecular flexibility index (Phi) is 11.6. The molecule has 4 bridgehead atoms. The van der Waals surface area contributed by atoms with Crippen LogP contribution in [0.2, 0.25) is 0 Å². The van der Waals surface area contributed by atoms with Gasteiger partial charge >= 0.3 is 18.1 Å². The molecular formula is C28H40F3N3O6. The lowest BCUT2D eigenvalue weighted by atomic mass is 9.54. The van der Waals surface area contributed by atoms with Crippen LogP contribution in [0.4, 0.5) is 18.9 Å². The van der Waals surface area contributed by atoms with E-state index in [1.54, 1.807) is 24.3 Å². The SMILES string of the molecule is CCOCCCN=C(NCCCOC12CC3CC(CC(C3)C1)C2)Nc1ccc(C(=O)O)cc1.O=C(O)C(F)(F)F. The summed E-state index contributed by atoms with van der Waals surface area (Å²) in [6.45, 7) is 5.61. The van der Waals surface area contributed by atoms with Gasteiger partial charge in [0, 0.05) is 38.6 Å². The van der Waals surface area contributed by atoms with E-state index < -0.39 is 18.1 Å². The van der Waals surface area contributed by atoms with Crippen molar-refractivity contribution in [3.05, 3.63) is 29.8 Å². The number of halogens is 3. The molecule has 4 N–H and O–H groups in total. The van der Waals surface area contributed by atoms with Gasteiger partial charge in [-0.15, -0.1) is 0 Å². The number of carboxylic acids is 2. The second-order valence-electron chi connectivity index (χ2n) is 10.8. The standard InChI is InChI=1S/C26H39N3O4.C2HF3O2/c1-2-32-11-3-9-27-25(29-23-7-5-22(6-8-23)24(30)31)28-10-4-12-33-26-16-19-13-20(17-26)15-21(14-19)18-26;3-2(4,5)1(6)7/h5-8,19-21H,2-4,9-18H2,1H3,(H,30,31)(H2,27,28,29);(H,6,7). The number of aliphatic carboxylic acids is 1. The van der Waals surface area contributed by atoms with Crippen LogP contribution in [0.15, 0.2) is 29.3 Å². The number of rotatable bonds is 12. The molecule has 0 saturated heterocycles. The van der Waals surface area contributed by atoms with Crippen LogP contribution in [0.1, 0.15) is 68.6 Å². The van der Waals surface area contributed by atoms with Crippen LogP contribution in [-0.4, -0.2) is 72.8 Å². The van der Waals surface area contributed by atoms with Gasteiger partial charge in [0.15, 0.2) is 5.96 Å². The number of benzene rings is 1. The van der Waals surface area contributed by atoms with Crippen LogP contribution in [0.3, 0.4) is 0 Å². The third kappa shape index (κ3) is 9.96. The van der Waals surface area contributed by atoms with Crippen molar-refractivity contribution in [2.24, 2.45) is 22.7 Å². The first-order valence-electron chi connectivity index (χ1n) is 13.9. The molecule has 0 heterocycles. The van der Waals surface area contributed by atoms with E-state index in [1.807, 2.05) is 6.92 Å². The first kappa shape index (κ1) is 31.7. The topological polar surface area (TPSA) is 129 Å². The maximum Gasteiger partial charge on any atom is 0.490 e. The van der Waals surface area contributed by atoms with Crippen molar-refractivity contribution in [2.45, 2.75) is 70.1 Å². The average molecular weight is 572 g/mol. The molecule has 0 spiro atoms. The van der Waals surface area contributed by atoms with Gasteiger partial charge < -0.3 is 30.3 Å². The fourth-order valence-electron chi connectivity index (χ4n) is 6.25. The molecule has 0 radical (unpaired) electrons. The molecule has 4 aliphatic rings. The minimum atomic E-state index is -5.08. The van der Waals surface area contributed by atoms with Gasteiger partial charge in [0.1, 0.15) is 0 Å². The zero-order valence-electron chi connectivity index (χ0n) is 22.8. The molecule has 40 heavy (non-hydrogen) atoms. The van der Waals surface area contributed by atoms with E-state index in [1.165, 1.54) is 38.5 Å². The molecule has 224 valence electrons.